The molecule has 6 nitrogen and oxygen atoms in total. The Hall–Kier alpha value is -2.96. The van der Waals surface area contributed by atoms with Crippen molar-refractivity contribution in [1.29, 1.82) is 0 Å². The smallest absolute Gasteiger partial charge is 0.236 e. The van der Waals surface area contributed by atoms with Crippen LogP contribution in [0.15, 0.2) is 60.8 Å². The molecule has 4 rings (SSSR count). The van der Waals surface area contributed by atoms with Gasteiger partial charge in [0.1, 0.15) is 0 Å². The van der Waals surface area contributed by atoms with Crippen molar-refractivity contribution >= 4 is 22.6 Å². The predicted molar refractivity (Wildman–Crippen MR) is 119 cm³/mol. The standard InChI is InChI=1S/C24H28N4O2/c1-26(2)22(29)17-27-12-14-28(15-13-27)23(18-8-4-3-5-9-18)24(30)20-16-25-21-11-7-6-10-19(20)21/h3-11,16,23,25H,12-15,17H2,1-2H3/t23-/m0/s1. The van der Waals surface area contributed by atoms with Gasteiger partial charge in [0, 0.05) is 62.9 Å². The molecule has 2 heterocycles. The molecule has 0 saturated carbocycles. The van der Waals surface area contributed by atoms with Crippen LogP contribution >= 0.6 is 0 Å². The number of para-hydroxylation sites is 1. The van der Waals surface area contributed by atoms with E-state index in [1.165, 1.54) is 0 Å². The van der Waals surface area contributed by atoms with Gasteiger partial charge in [-0.1, -0.05) is 48.5 Å². The summed E-state index contributed by atoms with van der Waals surface area (Å²) in [5, 5.41) is 0.957. The average Bonchev–Trinajstić information content (AvgIpc) is 3.20. The Morgan fingerprint density at radius 3 is 2.33 bits per heavy atom. The molecule has 1 N–H and O–H groups in total. The Morgan fingerprint density at radius 2 is 1.63 bits per heavy atom. The van der Waals surface area contributed by atoms with Crippen LogP contribution in [0.1, 0.15) is 22.0 Å². The fourth-order valence-electron chi connectivity index (χ4n) is 4.10. The van der Waals surface area contributed by atoms with Crippen molar-refractivity contribution in [2.45, 2.75) is 6.04 Å². The van der Waals surface area contributed by atoms with Gasteiger partial charge in [0.15, 0.2) is 5.78 Å². The normalized spacial score (nSPS) is 16.5. The van der Waals surface area contributed by atoms with Crippen LogP contribution < -0.4 is 0 Å². The Balaban J connectivity index is 1.58. The molecule has 6 heteroatoms. The summed E-state index contributed by atoms with van der Waals surface area (Å²) in [6, 6.07) is 17.6. The lowest BCUT2D eigenvalue weighted by Gasteiger charge is -2.38. The molecule has 1 aliphatic heterocycles. The zero-order valence-electron chi connectivity index (χ0n) is 17.5. The van der Waals surface area contributed by atoms with E-state index in [2.05, 4.69) is 14.8 Å². The number of nitrogens with zero attached hydrogens (tertiary/aromatic N) is 3. The number of Topliss-reactive ketones (excluding diaryl/α,β-unsaturated/α-hetero) is 1. The summed E-state index contributed by atoms with van der Waals surface area (Å²) >= 11 is 0. The number of piperazine rings is 1. The third-order valence-electron chi connectivity index (χ3n) is 5.85. The van der Waals surface area contributed by atoms with Crippen LogP contribution in [0.2, 0.25) is 0 Å². The van der Waals surface area contributed by atoms with Crippen molar-refractivity contribution in [3.8, 4) is 0 Å². The van der Waals surface area contributed by atoms with Gasteiger partial charge in [-0.3, -0.25) is 19.4 Å². The Bertz CT molecular complexity index is 1020. The summed E-state index contributed by atoms with van der Waals surface area (Å²) in [4.78, 5) is 35.0. The van der Waals surface area contributed by atoms with Gasteiger partial charge < -0.3 is 9.88 Å². The number of carbonyl (C=O) groups is 2. The number of amides is 1. The number of hydrogen-bond acceptors (Lipinski definition) is 4. The molecule has 0 aliphatic carbocycles. The van der Waals surface area contributed by atoms with E-state index in [1.807, 2.05) is 60.8 Å². The third kappa shape index (κ3) is 4.15. The second-order valence-corrected chi connectivity index (χ2v) is 8.03. The maximum absolute atomic E-state index is 13.7. The van der Waals surface area contributed by atoms with Crippen molar-refractivity contribution in [3.63, 3.8) is 0 Å². The van der Waals surface area contributed by atoms with E-state index in [9.17, 15) is 9.59 Å². The number of rotatable bonds is 6. The predicted octanol–water partition coefficient (Wildman–Crippen LogP) is 2.80. The second kappa shape index (κ2) is 8.81. The average molecular weight is 405 g/mol. The minimum atomic E-state index is -0.336. The van der Waals surface area contributed by atoms with E-state index in [0.717, 1.165) is 48.2 Å². The summed E-state index contributed by atoms with van der Waals surface area (Å²) in [5.41, 5.74) is 2.70. The molecule has 0 radical (unpaired) electrons. The van der Waals surface area contributed by atoms with Crippen molar-refractivity contribution in [2.24, 2.45) is 0 Å². The molecule has 1 aliphatic rings. The molecule has 2 aromatic carbocycles. The van der Waals surface area contributed by atoms with E-state index in [4.69, 9.17) is 0 Å². The summed E-state index contributed by atoms with van der Waals surface area (Å²) in [5.74, 6) is 0.217. The van der Waals surface area contributed by atoms with Crippen LogP contribution in [0.5, 0.6) is 0 Å². The fraction of sp³-hybridized carbons (Fsp3) is 0.333. The number of likely N-dealkylation sites (N-methyl/N-ethyl adjacent to an activating group) is 1. The maximum Gasteiger partial charge on any atom is 0.236 e. The zero-order valence-corrected chi connectivity index (χ0v) is 17.5. The van der Waals surface area contributed by atoms with Crippen LogP contribution in [0.4, 0.5) is 0 Å². The van der Waals surface area contributed by atoms with Gasteiger partial charge in [-0.05, 0) is 11.6 Å². The maximum atomic E-state index is 13.7. The first-order valence-electron chi connectivity index (χ1n) is 10.4. The third-order valence-corrected chi connectivity index (χ3v) is 5.85. The molecule has 0 unspecified atom stereocenters. The summed E-state index contributed by atoms with van der Waals surface area (Å²) in [7, 11) is 3.56. The number of nitrogens with one attached hydrogen (secondary N) is 1. The number of aromatic nitrogens is 1. The van der Waals surface area contributed by atoms with Gasteiger partial charge in [-0.2, -0.15) is 0 Å². The lowest BCUT2D eigenvalue weighted by Crippen LogP contribution is -2.51. The first-order chi connectivity index (χ1) is 14.5. The molecule has 0 bridgehead atoms. The highest BCUT2D eigenvalue weighted by Gasteiger charge is 2.32. The summed E-state index contributed by atoms with van der Waals surface area (Å²) in [6.45, 7) is 3.45. The Morgan fingerprint density at radius 1 is 0.967 bits per heavy atom. The van der Waals surface area contributed by atoms with Crippen LogP contribution in [-0.2, 0) is 4.79 Å². The lowest BCUT2D eigenvalue weighted by molar-refractivity contribution is -0.130. The Kier molecular flexibility index (Phi) is 5.97. The highest BCUT2D eigenvalue weighted by Crippen LogP contribution is 2.29. The van der Waals surface area contributed by atoms with Crippen LogP contribution in [-0.4, -0.2) is 78.2 Å². The molecule has 1 atom stereocenters. The molecule has 1 aromatic heterocycles. The van der Waals surface area contributed by atoms with Gasteiger partial charge in [0.25, 0.3) is 0 Å². The summed E-state index contributed by atoms with van der Waals surface area (Å²) in [6.07, 6.45) is 1.83. The highest BCUT2D eigenvalue weighted by molar-refractivity contribution is 6.10. The van der Waals surface area contributed by atoms with E-state index in [0.29, 0.717) is 6.54 Å². The van der Waals surface area contributed by atoms with Crippen molar-refractivity contribution in [2.75, 3.05) is 46.8 Å². The number of H-pyrrole nitrogens is 1. The number of aromatic amines is 1. The minimum absolute atomic E-state index is 0.108. The zero-order chi connectivity index (χ0) is 21.1. The molecule has 1 saturated heterocycles. The largest absolute Gasteiger partial charge is 0.360 e. The van der Waals surface area contributed by atoms with E-state index in [1.54, 1.807) is 19.0 Å². The van der Waals surface area contributed by atoms with Gasteiger partial charge in [-0.25, -0.2) is 0 Å². The fourth-order valence-corrected chi connectivity index (χ4v) is 4.10. The van der Waals surface area contributed by atoms with Gasteiger partial charge in [0.2, 0.25) is 5.91 Å². The van der Waals surface area contributed by atoms with Crippen molar-refractivity contribution in [3.05, 3.63) is 71.9 Å². The van der Waals surface area contributed by atoms with Crippen LogP contribution in [0, 0.1) is 0 Å². The van der Waals surface area contributed by atoms with E-state index < -0.39 is 0 Å². The van der Waals surface area contributed by atoms with Gasteiger partial charge in [-0.15, -0.1) is 0 Å². The molecule has 30 heavy (non-hydrogen) atoms. The van der Waals surface area contributed by atoms with Gasteiger partial charge in [0.05, 0.1) is 12.6 Å². The molecular weight excluding hydrogens is 376 g/mol. The van der Waals surface area contributed by atoms with Crippen LogP contribution in [0.25, 0.3) is 10.9 Å². The number of carbonyl (C=O) groups excluding carboxylic acids is 2. The number of fused-ring (bicyclic) bond motifs is 1. The number of benzene rings is 2. The van der Waals surface area contributed by atoms with Gasteiger partial charge >= 0.3 is 0 Å². The Labute approximate surface area is 177 Å². The highest BCUT2D eigenvalue weighted by atomic mass is 16.2. The van der Waals surface area contributed by atoms with Crippen molar-refractivity contribution < 1.29 is 9.59 Å². The number of ketones is 1. The van der Waals surface area contributed by atoms with E-state index >= 15 is 0 Å². The summed E-state index contributed by atoms with van der Waals surface area (Å²) < 4.78 is 0. The molecular formula is C24H28N4O2. The molecule has 1 fully saturated rings. The monoisotopic (exact) mass is 404 g/mol. The SMILES string of the molecule is CN(C)C(=O)CN1CCN([C@H](C(=O)c2c[nH]c3ccccc23)c2ccccc2)CC1. The number of hydrogen-bond donors (Lipinski definition) is 1. The van der Waals surface area contributed by atoms with Crippen molar-refractivity contribution in [1.82, 2.24) is 19.7 Å². The topological polar surface area (TPSA) is 59.7 Å². The molecule has 3 aromatic rings. The lowest BCUT2D eigenvalue weighted by atomic mass is 9.95. The first kappa shape index (κ1) is 20.3. The quantitative estimate of drug-likeness (QED) is 0.642. The first-order valence-corrected chi connectivity index (χ1v) is 10.4. The minimum Gasteiger partial charge on any atom is -0.360 e. The van der Waals surface area contributed by atoms with Crippen LogP contribution in [0.3, 0.4) is 0 Å². The molecule has 156 valence electrons. The van der Waals surface area contributed by atoms with E-state index in [-0.39, 0.29) is 17.7 Å². The molecule has 1 amide bonds. The second-order valence-electron chi connectivity index (χ2n) is 8.03. The molecule has 0 spiro atoms.